The van der Waals surface area contributed by atoms with Crippen LogP contribution in [0.1, 0.15) is 12.5 Å². The fourth-order valence-electron chi connectivity index (χ4n) is 1.88. The second-order valence-electron chi connectivity index (χ2n) is 4.49. The van der Waals surface area contributed by atoms with E-state index in [2.05, 4.69) is 15.3 Å². The first-order valence-electron chi connectivity index (χ1n) is 6.13. The fraction of sp³-hybridized carbons (Fsp3) is 0.231. The molecule has 0 bridgehead atoms. The molecule has 1 aromatic carbocycles. The van der Waals surface area contributed by atoms with E-state index >= 15 is 0 Å². The number of nitro groups is 1. The van der Waals surface area contributed by atoms with Crippen molar-refractivity contribution in [2.45, 2.75) is 19.4 Å². The number of halogens is 2. The molecule has 0 spiro atoms. The van der Waals surface area contributed by atoms with Gasteiger partial charge >= 0.3 is 5.69 Å². The number of nitrogens with one attached hydrogen (secondary N) is 1. The van der Waals surface area contributed by atoms with Crippen LogP contribution in [-0.2, 0) is 6.42 Å². The molecule has 0 radical (unpaired) electrons. The van der Waals surface area contributed by atoms with E-state index in [4.69, 9.17) is 11.6 Å². The minimum Gasteiger partial charge on any atom is -0.361 e. The van der Waals surface area contributed by atoms with Gasteiger partial charge in [0, 0.05) is 6.04 Å². The highest BCUT2D eigenvalue weighted by atomic mass is 35.5. The SMILES string of the molecule is CC(Cc1ccc(F)cc1)Nc1ncnc(Cl)c1[N+](=O)[O-]. The zero-order valence-electron chi connectivity index (χ0n) is 11.1. The van der Waals surface area contributed by atoms with Crippen LogP contribution in [0.5, 0.6) is 0 Å². The van der Waals surface area contributed by atoms with Crippen LogP contribution < -0.4 is 5.32 Å². The Balaban J connectivity index is 2.13. The van der Waals surface area contributed by atoms with E-state index in [1.807, 2.05) is 6.92 Å². The highest BCUT2D eigenvalue weighted by Gasteiger charge is 2.22. The lowest BCUT2D eigenvalue weighted by Crippen LogP contribution is -2.20. The number of hydrogen-bond donors (Lipinski definition) is 1. The molecule has 110 valence electrons. The maximum absolute atomic E-state index is 12.8. The van der Waals surface area contributed by atoms with E-state index < -0.39 is 4.92 Å². The number of aromatic nitrogens is 2. The van der Waals surface area contributed by atoms with Crippen LogP contribution in [0.3, 0.4) is 0 Å². The van der Waals surface area contributed by atoms with Crippen LogP contribution >= 0.6 is 11.6 Å². The molecule has 1 unspecified atom stereocenters. The van der Waals surface area contributed by atoms with Gasteiger partial charge in [-0.05, 0) is 31.0 Å². The number of nitrogens with zero attached hydrogens (tertiary/aromatic N) is 3. The highest BCUT2D eigenvalue weighted by Crippen LogP contribution is 2.28. The summed E-state index contributed by atoms with van der Waals surface area (Å²) in [7, 11) is 0. The largest absolute Gasteiger partial charge is 0.361 e. The average Bonchev–Trinajstić information content (AvgIpc) is 2.41. The molecule has 0 aliphatic carbocycles. The Morgan fingerprint density at radius 1 is 1.38 bits per heavy atom. The molecule has 0 saturated heterocycles. The molecule has 8 heteroatoms. The van der Waals surface area contributed by atoms with Crippen LogP contribution in [0.4, 0.5) is 15.9 Å². The van der Waals surface area contributed by atoms with E-state index in [1.165, 1.54) is 12.1 Å². The molecule has 2 aromatic rings. The molecule has 0 aliphatic rings. The zero-order valence-corrected chi connectivity index (χ0v) is 11.8. The predicted molar refractivity (Wildman–Crippen MR) is 76.9 cm³/mol. The van der Waals surface area contributed by atoms with Gasteiger partial charge in [0.2, 0.25) is 11.0 Å². The monoisotopic (exact) mass is 310 g/mol. The second-order valence-corrected chi connectivity index (χ2v) is 4.85. The lowest BCUT2D eigenvalue weighted by molar-refractivity contribution is -0.384. The molecular weight excluding hydrogens is 299 g/mol. The molecule has 1 atom stereocenters. The Bertz CT molecular complexity index is 651. The van der Waals surface area contributed by atoms with Crippen LogP contribution in [0.2, 0.25) is 5.15 Å². The van der Waals surface area contributed by atoms with Gasteiger partial charge in [0.15, 0.2) is 0 Å². The third kappa shape index (κ3) is 3.85. The Kier molecular flexibility index (Phi) is 4.64. The molecule has 0 saturated carbocycles. The lowest BCUT2D eigenvalue weighted by atomic mass is 10.1. The predicted octanol–water partition coefficient (Wildman–Crippen LogP) is 3.22. The van der Waals surface area contributed by atoms with E-state index in [-0.39, 0.29) is 28.5 Å². The van der Waals surface area contributed by atoms with Crippen molar-refractivity contribution >= 4 is 23.1 Å². The molecule has 0 amide bonds. The molecule has 2 rings (SSSR count). The summed E-state index contributed by atoms with van der Waals surface area (Å²) in [5, 5.41) is 13.7. The van der Waals surface area contributed by atoms with Gasteiger partial charge in [0.05, 0.1) is 4.92 Å². The Morgan fingerprint density at radius 2 is 2.05 bits per heavy atom. The van der Waals surface area contributed by atoms with Gasteiger partial charge in [-0.1, -0.05) is 23.7 Å². The van der Waals surface area contributed by atoms with Gasteiger partial charge in [-0.25, -0.2) is 14.4 Å². The summed E-state index contributed by atoms with van der Waals surface area (Å²) >= 11 is 5.71. The molecule has 1 N–H and O–H groups in total. The number of benzene rings is 1. The van der Waals surface area contributed by atoms with Crippen molar-refractivity contribution in [3.8, 4) is 0 Å². The number of rotatable bonds is 5. The molecule has 21 heavy (non-hydrogen) atoms. The third-order valence-electron chi connectivity index (χ3n) is 2.80. The summed E-state index contributed by atoms with van der Waals surface area (Å²) in [6.07, 6.45) is 1.71. The smallest absolute Gasteiger partial charge is 0.348 e. The van der Waals surface area contributed by atoms with E-state index in [0.29, 0.717) is 6.42 Å². The quantitative estimate of drug-likeness (QED) is 0.521. The van der Waals surface area contributed by atoms with Crippen molar-refractivity contribution in [2.24, 2.45) is 0 Å². The topological polar surface area (TPSA) is 81.0 Å². The van der Waals surface area contributed by atoms with Crippen molar-refractivity contribution in [1.82, 2.24) is 9.97 Å². The molecule has 0 fully saturated rings. The second kappa shape index (κ2) is 6.45. The number of anilines is 1. The van der Waals surface area contributed by atoms with Gasteiger partial charge in [-0.2, -0.15) is 0 Å². The van der Waals surface area contributed by atoms with Crippen molar-refractivity contribution in [2.75, 3.05) is 5.32 Å². The first-order valence-corrected chi connectivity index (χ1v) is 6.51. The Morgan fingerprint density at radius 3 is 2.67 bits per heavy atom. The van der Waals surface area contributed by atoms with Gasteiger partial charge in [-0.15, -0.1) is 0 Å². The van der Waals surface area contributed by atoms with E-state index in [1.54, 1.807) is 12.1 Å². The van der Waals surface area contributed by atoms with Crippen LogP contribution in [0.25, 0.3) is 0 Å². The Hall–Kier alpha value is -2.28. The summed E-state index contributed by atoms with van der Waals surface area (Å²) in [6.45, 7) is 1.84. The summed E-state index contributed by atoms with van der Waals surface area (Å²) in [5.74, 6) is -0.243. The van der Waals surface area contributed by atoms with Crippen molar-refractivity contribution < 1.29 is 9.31 Å². The highest BCUT2D eigenvalue weighted by molar-refractivity contribution is 6.31. The van der Waals surface area contributed by atoms with Crippen LogP contribution in [0, 0.1) is 15.9 Å². The maximum atomic E-state index is 12.8. The first-order chi connectivity index (χ1) is 9.97. The van der Waals surface area contributed by atoms with Crippen molar-refractivity contribution in [3.05, 3.63) is 57.2 Å². The summed E-state index contributed by atoms with van der Waals surface area (Å²) in [5.41, 5.74) is 0.546. The van der Waals surface area contributed by atoms with Gasteiger partial charge in [0.1, 0.15) is 12.1 Å². The van der Waals surface area contributed by atoms with E-state index in [9.17, 15) is 14.5 Å². The summed E-state index contributed by atoms with van der Waals surface area (Å²) in [6, 6.07) is 5.90. The lowest BCUT2D eigenvalue weighted by Gasteiger charge is -2.14. The summed E-state index contributed by atoms with van der Waals surface area (Å²) < 4.78 is 12.8. The fourth-order valence-corrected chi connectivity index (χ4v) is 2.09. The molecule has 1 aromatic heterocycles. The van der Waals surface area contributed by atoms with Gasteiger partial charge in [-0.3, -0.25) is 10.1 Å². The maximum Gasteiger partial charge on any atom is 0.348 e. The number of hydrogen-bond acceptors (Lipinski definition) is 5. The molecular formula is C13H12ClFN4O2. The molecule has 1 heterocycles. The van der Waals surface area contributed by atoms with Crippen molar-refractivity contribution in [1.29, 1.82) is 0 Å². The zero-order chi connectivity index (χ0) is 15.4. The van der Waals surface area contributed by atoms with Gasteiger partial charge < -0.3 is 5.32 Å². The van der Waals surface area contributed by atoms with Crippen LogP contribution in [-0.4, -0.2) is 20.9 Å². The standard InChI is InChI=1S/C13H12ClFN4O2/c1-8(6-9-2-4-10(15)5-3-9)18-13-11(19(20)21)12(14)16-7-17-13/h2-5,7-8H,6H2,1H3,(H,16,17,18). The minimum atomic E-state index is -0.630. The molecule has 6 nitrogen and oxygen atoms in total. The third-order valence-corrected chi connectivity index (χ3v) is 3.08. The van der Waals surface area contributed by atoms with Crippen molar-refractivity contribution in [3.63, 3.8) is 0 Å². The summed E-state index contributed by atoms with van der Waals surface area (Å²) in [4.78, 5) is 17.8. The normalized spacial score (nSPS) is 12.0. The average molecular weight is 311 g/mol. The van der Waals surface area contributed by atoms with Gasteiger partial charge in [0.25, 0.3) is 0 Å². The van der Waals surface area contributed by atoms with Crippen LogP contribution in [0.15, 0.2) is 30.6 Å². The van der Waals surface area contributed by atoms with E-state index in [0.717, 1.165) is 11.9 Å². The Labute approximate surface area is 125 Å². The first kappa shape index (κ1) is 15.1. The minimum absolute atomic E-state index is 0.0645. The molecule has 0 aliphatic heterocycles.